The summed E-state index contributed by atoms with van der Waals surface area (Å²) in [6.45, 7) is 7.84. The Morgan fingerprint density at radius 1 is 1.54 bits per heavy atom. The lowest BCUT2D eigenvalue weighted by Crippen LogP contribution is -2.09. The Bertz CT molecular complexity index is 317. The zero-order chi connectivity index (χ0) is 10.0. The van der Waals surface area contributed by atoms with Gasteiger partial charge in [-0.25, -0.2) is 4.98 Å². The standard InChI is InChI=1S/C10H15NOS/c1-5-6(2)9(12)10-7(3)11-8(4)13-10/h6H,5H2,1-4H3. The van der Waals surface area contributed by atoms with Crippen molar-refractivity contribution in [3.05, 3.63) is 15.6 Å². The van der Waals surface area contributed by atoms with Gasteiger partial charge in [0.25, 0.3) is 0 Å². The number of nitrogens with zero attached hydrogens (tertiary/aromatic N) is 1. The summed E-state index contributed by atoms with van der Waals surface area (Å²) in [5.41, 5.74) is 0.882. The molecular formula is C10H15NOS. The van der Waals surface area contributed by atoms with Crippen molar-refractivity contribution >= 4 is 17.1 Å². The predicted octanol–water partition coefficient (Wildman–Crippen LogP) is 2.99. The molecule has 1 aromatic heterocycles. The number of carbonyl (C=O) groups is 1. The van der Waals surface area contributed by atoms with Crippen LogP contribution in [0.15, 0.2) is 0 Å². The third kappa shape index (κ3) is 2.15. The molecule has 0 fully saturated rings. The van der Waals surface area contributed by atoms with Gasteiger partial charge in [0.1, 0.15) is 0 Å². The highest BCUT2D eigenvalue weighted by atomic mass is 32.1. The number of hydrogen-bond acceptors (Lipinski definition) is 3. The molecule has 0 N–H and O–H groups in total. The highest BCUT2D eigenvalue weighted by Gasteiger charge is 2.18. The average molecular weight is 197 g/mol. The topological polar surface area (TPSA) is 30.0 Å². The normalized spacial score (nSPS) is 12.9. The van der Waals surface area contributed by atoms with Gasteiger partial charge in [0.15, 0.2) is 5.78 Å². The zero-order valence-corrected chi connectivity index (χ0v) is 9.36. The summed E-state index contributed by atoms with van der Waals surface area (Å²) in [4.78, 5) is 16.9. The van der Waals surface area contributed by atoms with Crippen molar-refractivity contribution in [2.45, 2.75) is 34.1 Å². The molecule has 0 spiro atoms. The van der Waals surface area contributed by atoms with Crippen molar-refractivity contribution in [3.8, 4) is 0 Å². The monoisotopic (exact) mass is 197 g/mol. The fraction of sp³-hybridized carbons (Fsp3) is 0.600. The highest BCUT2D eigenvalue weighted by molar-refractivity contribution is 7.13. The SMILES string of the molecule is CCC(C)C(=O)c1sc(C)nc1C. The minimum Gasteiger partial charge on any atom is -0.293 e. The molecule has 2 nitrogen and oxygen atoms in total. The molecule has 0 aliphatic heterocycles. The van der Waals surface area contributed by atoms with E-state index in [1.807, 2.05) is 27.7 Å². The minimum atomic E-state index is 0.124. The Morgan fingerprint density at radius 3 is 2.54 bits per heavy atom. The molecule has 0 aromatic carbocycles. The first kappa shape index (κ1) is 10.4. The van der Waals surface area contributed by atoms with Crippen molar-refractivity contribution in [1.82, 2.24) is 4.98 Å². The van der Waals surface area contributed by atoms with Crippen LogP contribution in [0.5, 0.6) is 0 Å². The number of Topliss-reactive ketones (excluding diaryl/α,β-unsaturated/α-hetero) is 1. The lowest BCUT2D eigenvalue weighted by Gasteiger charge is -2.04. The Labute approximate surface area is 83.0 Å². The van der Waals surface area contributed by atoms with Crippen molar-refractivity contribution in [2.24, 2.45) is 5.92 Å². The first-order valence-electron chi connectivity index (χ1n) is 4.54. The van der Waals surface area contributed by atoms with E-state index in [1.165, 1.54) is 11.3 Å². The fourth-order valence-electron chi connectivity index (χ4n) is 1.17. The van der Waals surface area contributed by atoms with Crippen LogP contribution in [0.25, 0.3) is 0 Å². The van der Waals surface area contributed by atoms with Crippen LogP contribution in [-0.4, -0.2) is 10.8 Å². The minimum absolute atomic E-state index is 0.124. The predicted molar refractivity (Wildman–Crippen MR) is 55.4 cm³/mol. The van der Waals surface area contributed by atoms with E-state index in [0.29, 0.717) is 0 Å². The highest BCUT2D eigenvalue weighted by Crippen LogP contribution is 2.21. The summed E-state index contributed by atoms with van der Waals surface area (Å²) < 4.78 is 0. The fourth-order valence-corrected chi connectivity index (χ4v) is 2.14. The van der Waals surface area contributed by atoms with E-state index in [4.69, 9.17) is 0 Å². The van der Waals surface area contributed by atoms with Gasteiger partial charge in [-0.3, -0.25) is 4.79 Å². The van der Waals surface area contributed by atoms with E-state index in [0.717, 1.165) is 22.0 Å². The van der Waals surface area contributed by atoms with Crippen LogP contribution in [0.1, 0.15) is 40.6 Å². The number of ketones is 1. The van der Waals surface area contributed by atoms with Gasteiger partial charge >= 0.3 is 0 Å². The molecule has 13 heavy (non-hydrogen) atoms. The molecule has 0 amide bonds. The van der Waals surface area contributed by atoms with Gasteiger partial charge < -0.3 is 0 Å². The molecule has 0 aliphatic carbocycles. The summed E-state index contributed by atoms with van der Waals surface area (Å²) in [5, 5.41) is 0.976. The molecular weight excluding hydrogens is 182 g/mol. The number of thiazole rings is 1. The molecule has 0 aliphatic rings. The van der Waals surface area contributed by atoms with E-state index in [-0.39, 0.29) is 11.7 Å². The Morgan fingerprint density at radius 2 is 2.15 bits per heavy atom. The van der Waals surface area contributed by atoms with Crippen molar-refractivity contribution in [1.29, 1.82) is 0 Å². The van der Waals surface area contributed by atoms with Crippen molar-refractivity contribution in [2.75, 3.05) is 0 Å². The van der Waals surface area contributed by atoms with Gasteiger partial charge in [0.05, 0.1) is 15.6 Å². The van der Waals surface area contributed by atoms with Crippen LogP contribution < -0.4 is 0 Å². The van der Waals surface area contributed by atoms with Crippen molar-refractivity contribution in [3.63, 3.8) is 0 Å². The van der Waals surface area contributed by atoms with E-state index in [9.17, 15) is 4.79 Å². The summed E-state index contributed by atoms with van der Waals surface area (Å²) in [7, 11) is 0. The van der Waals surface area contributed by atoms with Gasteiger partial charge in [-0.05, 0) is 20.3 Å². The maximum Gasteiger partial charge on any atom is 0.177 e. The second-order valence-corrected chi connectivity index (χ2v) is 4.52. The van der Waals surface area contributed by atoms with Gasteiger partial charge in [-0.15, -0.1) is 11.3 Å². The van der Waals surface area contributed by atoms with Crippen LogP contribution in [0.4, 0.5) is 0 Å². The van der Waals surface area contributed by atoms with E-state index < -0.39 is 0 Å². The number of rotatable bonds is 3. The Kier molecular flexibility index (Phi) is 3.20. The first-order chi connectivity index (χ1) is 6.06. The molecule has 1 aromatic rings. The van der Waals surface area contributed by atoms with Gasteiger partial charge in [-0.1, -0.05) is 13.8 Å². The molecule has 1 unspecified atom stereocenters. The largest absolute Gasteiger partial charge is 0.293 e. The molecule has 72 valence electrons. The quantitative estimate of drug-likeness (QED) is 0.697. The van der Waals surface area contributed by atoms with Gasteiger partial charge in [0, 0.05) is 5.92 Å². The summed E-state index contributed by atoms with van der Waals surface area (Å²) in [6.07, 6.45) is 0.898. The number of hydrogen-bond donors (Lipinski definition) is 0. The summed E-state index contributed by atoms with van der Waals surface area (Å²) in [6, 6.07) is 0. The smallest absolute Gasteiger partial charge is 0.177 e. The summed E-state index contributed by atoms with van der Waals surface area (Å²) in [5.74, 6) is 0.365. The third-order valence-corrected chi connectivity index (χ3v) is 3.27. The second-order valence-electron chi connectivity index (χ2n) is 3.32. The molecule has 0 saturated carbocycles. The Hall–Kier alpha value is -0.700. The van der Waals surface area contributed by atoms with Crippen LogP contribution in [0.2, 0.25) is 0 Å². The molecule has 0 radical (unpaired) electrons. The number of aromatic nitrogens is 1. The van der Waals surface area contributed by atoms with Crippen molar-refractivity contribution < 1.29 is 4.79 Å². The third-order valence-electron chi connectivity index (χ3n) is 2.19. The van der Waals surface area contributed by atoms with Crippen LogP contribution in [0.3, 0.4) is 0 Å². The average Bonchev–Trinajstić information content (AvgIpc) is 2.42. The van der Waals surface area contributed by atoms with Crippen LogP contribution >= 0.6 is 11.3 Å². The summed E-state index contributed by atoms with van der Waals surface area (Å²) >= 11 is 1.51. The van der Waals surface area contributed by atoms with Crippen LogP contribution in [-0.2, 0) is 0 Å². The van der Waals surface area contributed by atoms with E-state index >= 15 is 0 Å². The molecule has 0 saturated heterocycles. The lowest BCUT2D eigenvalue weighted by atomic mass is 10.0. The molecule has 1 rings (SSSR count). The number of carbonyl (C=O) groups excluding carboxylic acids is 1. The first-order valence-corrected chi connectivity index (χ1v) is 5.36. The van der Waals surface area contributed by atoms with Gasteiger partial charge in [0.2, 0.25) is 0 Å². The lowest BCUT2D eigenvalue weighted by molar-refractivity contribution is 0.0930. The molecule has 1 atom stereocenters. The number of aryl methyl sites for hydroxylation is 2. The maximum atomic E-state index is 11.8. The molecule has 1 heterocycles. The zero-order valence-electron chi connectivity index (χ0n) is 8.55. The molecule has 0 bridgehead atoms. The van der Waals surface area contributed by atoms with E-state index in [1.54, 1.807) is 0 Å². The van der Waals surface area contributed by atoms with Crippen LogP contribution in [0, 0.1) is 19.8 Å². The molecule has 3 heteroatoms. The Balaban J connectivity index is 2.94. The van der Waals surface area contributed by atoms with Gasteiger partial charge in [-0.2, -0.15) is 0 Å². The second kappa shape index (κ2) is 4.01. The van der Waals surface area contributed by atoms with E-state index in [2.05, 4.69) is 4.98 Å². The maximum absolute atomic E-state index is 11.8.